The number of ether oxygens (including phenoxy) is 1. The lowest BCUT2D eigenvalue weighted by Crippen LogP contribution is -2.42. The van der Waals surface area contributed by atoms with Crippen LogP contribution in [0.15, 0.2) is 23.1 Å². The normalized spacial score (nSPS) is 15.3. The molecule has 26 heavy (non-hydrogen) atoms. The summed E-state index contributed by atoms with van der Waals surface area (Å²) in [6, 6.07) is 4.29. The Morgan fingerprint density at radius 3 is 2.19 bits per heavy atom. The summed E-state index contributed by atoms with van der Waals surface area (Å²) in [4.78, 5) is 14.6. The summed E-state index contributed by atoms with van der Waals surface area (Å²) in [5.74, 6) is 0.535. The molecule has 0 aromatic heterocycles. The average Bonchev–Trinajstić information content (AvgIpc) is 3.12. The molecule has 1 aromatic rings. The number of nitrogens with one attached hydrogen (secondary N) is 1. The monoisotopic (exact) mass is 382 g/mol. The fourth-order valence-electron chi connectivity index (χ4n) is 3.40. The van der Waals surface area contributed by atoms with Gasteiger partial charge in [0, 0.05) is 19.1 Å². The zero-order valence-corrected chi connectivity index (χ0v) is 17.1. The number of hydrogen-bond acceptors (Lipinski definition) is 4. The van der Waals surface area contributed by atoms with Gasteiger partial charge in [0.15, 0.2) is 0 Å². The van der Waals surface area contributed by atoms with Gasteiger partial charge < -0.3 is 9.64 Å². The van der Waals surface area contributed by atoms with Crippen molar-refractivity contribution in [2.75, 3.05) is 20.2 Å². The van der Waals surface area contributed by atoms with E-state index in [0.717, 1.165) is 12.8 Å². The first-order valence-corrected chi connectivity index (χ1v) is 10.7. The van der Waals surface area contributed by atoms with E-state index in [-0.39, 0.29) is 28.7 Å². The summed E-state index contributed by atoms with van der Waals surface area (Å²) in [5, 5.41) is 0. The number of methoxy groups -OCH3 is 1. The number of likely N-dealkylation sites (tertiary alicyclic amines) is 1. The topological polar surface area (TPSA) is 75.7 Å². The predicted octanol–water partition coefficient (Wildman–Crippen LogP) is 2.89. The van der Waals surface area contributed by atoms with Crippen LogP contribution in [0.25, 0.3) is 0 Å². The Morgan fingerprint density at radius 1 is 1.12 bits per heavy atom. The van der Waals surface area contributed by atoms with Gasteiger partial charge in [0.05, 0.1) is 17.6 Å². The number of benzene rings is 1. The molecule has 1 saturated heterocycles. The largest absolute Gasteiger partial charge is 0.496 e. The standard InChI is InChI=1S/C19H30N2O4S/c1-13(2)18(14(3)4)20-26(23,24)15-8-9-17(25-5)16(12-15)19(22)21-10-6-7-11-21/h8-9,12-14,18,20H,6-7,10-11H2,1-5H3. The van der Waals surface area contributed by atoms with E-state index in [4.69, 9.17) is 4.74 Å². The van der Waals surface area contributed by atoms with Crippen molar-refractivity contribution in [1.29, 1.82) is 0 Å². The highest BCUT2D eigenvalue weighted by molar-refractivity contribution is 7.89. The Morgan fingerprint density at radius 2 is 1.69 bits per heavy atom. The maximum atomic E-state index is 12.9. The fourth-order valence-corrected chi connectivity index (χ4v) is 4.96. The quantitative estimate of drug-likeness (QED) is 0.787. The SMILES string of the molecule is COc1ccc(S(=O)(=O)NC(C(C)C)C(C)C)cc1C(=O)N1CCCC1. The van der Waals surface area contributed by atoms with Crippen LogP contribution in [0.3, 0.4) is 0 Å². The van der Waals surface area contributed by atoms with E-state index in [9.17, 15) is 13.2 Å². The minimum absolute atomic E-state index is 0.0900. The molecule has 6 nitrogen and oxygen atoms in total. The molecule has 1 aromatic carbocycles. The van der Waals surface area contributed by atoms with Crippen LogP contribution in [0.4, 0.5) is 0 Å². The molecule has 7 heteroatoms. The molecule has 0 unspecified atom stereocenters. The van der Waals surface area contributed by atoms with Crippen molar-refractivity contribution < 1.29 is 17.9 Å². The van der Waals surface area contributed by atoms with E-state index in [1.807, 2.05) is 27.7 Å². The molecule has 2 rings (SSSR count). The second-order valence-corrected chi connectivity index (χ2v) is 9.21. The number of carbonyl (C=O) groups excluding carboxylic acids is 1. The number of nitrogens with zero attached hydrogens (tertiary/aromatic N) is 1. The molecule has 0 aliphatic carbocycles. The molecule has 1 aliphatic heterocycles. The van der Waals surface area contributed by atoms with Gasteiger partial charge in [-0.2, -0.15) is 0 Å². The highest BCUT2D eigenvalue weighted by Gasteiger charge is 2.28. The van der Waals surface area contributed by atoms with E-state index in [1.165, 1.54) is 19.2 Å². The highest BCUT2D eigenvalue weighted by Crippen LogP contribution is 2.26. The Labute approximate surface area is 157 Å². The van der Waals surface area contributed by atoms with E-state index in [2.05, 4.69) is 4.72 Å². The molecule has 0 bridgehead atoms. The smallest absolute Gasteiger partial charge is 0.257 e. The van der Waals surface area contributed by atoms with Crippen LogP contribution in [-0.2, 0) is 10.0 Å². The summed E-state index contributed by atoms with van der Waals surface area (Å²) < 4.78 is 33.8. The molecular formula is C19H30N2O4S. The maximum Gasteiger partial charge on any atom is 0.257 e. The first-order chi connectivity index (χ1) is 12.2. The number of sulfonamides is 1. The predicted molar refractivity (Wildman–Crippen MR) is 102 cm³/mol. The van der Waals surface area contributed by atoms with Gasteiger partial charge in [0.2, 0.25) is 10.0 Å². The minimum Gasteiger partial charge on any atom is -0.496 e. The molecule has 1 fully saturated rings. The minimum atomic E-state index is -3.73. The van der Waals surface area contributed by atoms with Gasteiger partial charge in [-0.3, -0.25) is 4.79 Å². The zero-order chi connectivity index (χ0) is 19.5. The van der Waals surface area contributed by atoms with Crippen molar-refractivity contribution in [3.8, 4) is 5.75 Å². The van der Waals surface area contributed by atoms with E-state index in [0.29, 0.717) is 24.4 Å². The van der Waals surface area contributed by atoms with Crippen LogP contribution >= 0.6 is 0 Å². The number of rotatable bonds is 7. The molecular weight excluding hydrogens is 352 g/mol. The van der Waals surface area contributed by atoms with Gasteiger partial charge in [0.1, 0.15) is 5.75 Å². The van der Waals surface area contributed by atoms with Crippen molar-refractivity contribution in [1.82, 2.24) is 9.62 Å². The van der Waals surface area contributed by atoms with Crippen molar-refractivity contribution in [2.24, 2.45) is 11.8 Å². The summed E-state index contributed by atoms with van der Waals surface area (Å²) in [5.41, 5.74) is 0.294. The Kier molecular flexibility index (Phi) is 6.69. The molecule has 0 atom stereocenters. The number of carbonyl (C=O) groups is 1. The third kappa shape index (κ3) is 4.57. The van der Waals surface area contributed by atoms with Crippen LogP contribution in [-0.4, -0.2) is 45.5 Å². The van der Waals surface area contributed by atoms with Crippen molar-refractivity contribution in [3.63, 3.8) is 0 Å². The Hall–Kier alpha value is -1.60. The van der Waals surface area contributed by atoms with E-state index in [1.54, 1.807) is 11.0 Å². The van der Waals surface area contributed by atoms with E-state index < -0.39 is 10.0 Å². The van der Waals surface area contributed by atoms with Crippen LogP contribution in [0, 0.1) is 11.8 Å². The van der Waals surface area contributed by atoms with Gasteiger partial charge in [-0.15, -0.1) is 0 Å². The molecule has 146 valence electrons. The Bertz CT molecular complexity index is 730. The molecule has 1 heterocycles. The maximum absolute atomic E-state index is 12.9. The molecule has 1 N–H and O–H groups in total. The summed E-state index contributed by atoms with van der Waals surface area (Å²) in [6.07, 6.45) is 1.94. The molecule has 1 aliphatic rings. The Balaban J connectivity index is 2.37. The van der Waals surface area contributed by atoms with E-state index >= 15 is 0 Å². The van der Waals surface area contributed by atoms with Crippen molar-refractivity contribution >= 4 is 15.9 Å². The summed E-state index contributed by atoms with van der Waals surface area (Å²) in [6.45, 7) is 9.35. The lowest BCUT2D eigenvalue weighted by Gasteiger charge is -2.26. The zero-order valence-electron chi connectivity index (χ0n) is 16.3. The third-order valence-corrected chi connectivity index (χ3v) is 6.29. The number of hydrogen-bond donors (Lipinski definition) is 1. The van der Waals surface area contributed by atoms with Crippen molar-refractivity contribution in [2.45, 2.75) is 51.5 Å². The third-order valence-electron chi connectivity index (χ3n) is 4.83. The van der Waals surface area contributed by atoms with Crippen LogP contribution in [0.1, 0.15) is 50.9 Å². The van der Waals surface area contributed by atoms with Crippen molar-refractivity contribution in [3.05, 3.63) is 23.8 Å². The van der Waals surface area contributed by atoms with Gasteiger partial charge in [-0.05, 0) is 42.9 Å². The lowest BCUT2D eigenvalue weighted by atomic mass is 9.94. The molecule has 1 amide bonds. The second kappa shape index (κ2) is 8.39. The fraction of sp³-hybridized carbons (Fsp3) is 0.632. The summed E-state index contributed by atoms with van der Waals surface area (Å²) in [7, 11) is -2.25. The molecule has 0 saturated carbocycles. The van der Waals surface area contributed by atoms with Gasteiger partial charge in [-0.25, -0.2) is 13.1 Å². The second-order valence-electron chi connectivity index (χ2n) is 7.50. The van der Waals surface area contributed by atoms with Gasteiger partial charge in [-0.1, -0.05) is 27.7 Å². The molecule has 0 radical (unpaired) electrons. The molecule has 0 spiro atoms. The van der Waals surface area contributed by atoms with Crippen LogP contribution in [0.2, 0.25) is 0 Å². The first kappa shape index (κ1) is 20.7. The first-order valence-electron chi connectivity index (χ1n) is 9.17. The average molecular weight is 383 g/mol. The summed E-state index contributed by atoms with van der Waals surface area (Å²) >= 11 is 0. The van der Waals surface area contributed by atoms with Crippen LogP contribution < -0.4 is 9.46 Å². The van der Waals surface area contributed by atoms with Crippen LogP contribution in [0.5, 0.6) is 5.75 Å². The van der Waals surface area contributed by atoms with Gasteiger partial charge >= 0.3 is 0 Å². The van der Waals surface area contributed by atoms with Gasteiger partial charge in [0.25, 0.3) is 5.91 Å². The number of amides is 1. The highest BCUT2D eigenvalue weighted by atomic mass is 32.2. The lowest BCUT2D eigenvalue weighted by molar-refractivity contribution is 0.0789.